The molecular formula is C55H64. The summed E-state index contributed by atoms with van der Waals surface area (Å²) in [5, 5.41) is 0. The number of rotatable bonds is 16. The minimum absolute atomic E-state index is 0.414. The standard InChI is InChI=1S/C55H64/c1-38-9-21-46(22-10-38)44(7)33-52(48-25-13-40(3)14-26-48)35-54(50-29-17-42(5)18-30-50)37-55(51-31-19-43(6)20-32-51)36-53(49-27-15-41(4)16-28-49)34-45(8)47-23-11-39(2)12-24-47/h9-32,44-45,52-55H,33-37H2,1-8H3. The molecule has 6 aromatic rings. The highest BCUT2D eigenvalue weighted by Crippen LogP contribution is 2.45. The van der Waals surface area contributed by atoms with Gasteiger partial charge in [0.1, 0.15) is 0 Å². The number of hydrogen-bond acceptors (Lipinski definition) is 0. The van der Waals surface area contributed by atoms with Crippen molar-refractivity contribution in [1.29, 1.82) is 0 Å². The van der Waals surface area contributed by atoms with Crippen LogP contribution in [0.4, 0.5) is 0 Å². The molecule has 6 atom stereocenters. The molecule has 0 heteroatoms. The zero-order chi connectivity index (χ0) is 38.9. The lowest BCUT2D eigenvalue weighted by molar-refractivity contribution is 0.397. The van der Waals surface area contributed by atoms with E-state index in [1.165, 1.54) is 66.8 Å². The highest BCUT2D eigenvalue weighted by atomic mass is 14.3. The molecule has 0 saturated heterocycles. The topological polar surface area (TPSA) is 0 Å². The van der Waals surface area contributed by atoms with Crippen LogP contribution in [0.3, 0.4) is 0 Å². The fourth-order valence-corrected chi connectivity index (χ4v) is 8.77. The van der Waals surface area contributed by atoms with Crippen LogP contribution in [-0.4, -0.2) is 0 Å². The zero-order valence-electron chi connectivity index (χ0n) is 34.9. The second-order valence-corrected chi connectivity index (χ2v) is 17.2. The van der Waals surface area contributed by atoms with Gasteiger partial charge in [-0.05, 0) is 143 Å². The van der Waals surface area contributed by atoms with Gasteiger partial charge in [0, 0.05) is 0 Å². The molecule has 0 N–H and O–H groups in total. The Bertz CT molecular complexity index is 1880. The van der Waals surface area contributed by atoms with E-state index in [4.69, 9.17) is 0 Å². The molecule has 0 aliphatic heterocycles. The normalized spacial score (nSPS) is 14.8. The Morgan fingerprint density at radius 1 is 0.236 bits per heavy atom. The SMILES string of the molecule is Cc1ccc(C(C)CC(CC(CC(CC(CC(C)c2ccc(C)cc2)c2ccc(C)cc2)c2ccc(C)cc2)c2ccc(C)cc2)c2ccc(C)cc2)cc1. The van der Waals surface area contributed by atoms with Gasteiger partial charge >= 0.3 is 0 Å². The molecule has 284 valence electrons. The fraction of sp³-hybridized carbons (Fsp3) is 0.345. The second-order valence-electron chi connectivity index (χ2n) is 17.2. The van der Waals surface area contributed by atoms with E-state index in [1.54, 1.807) is 0 Å². The average Bonchev–Trinajstić information content (AvgIpc) is 3.18. The molecule has 0 aliphatic rings. The third-order valence-electron chi connectivity index (χ3n) is 12.5. The fourth-order valence-electron chi connectivity index (χ4n) is 8.77. The van der Waals surface area contributed by atoms with Gasteiger partial charge in [0.25, 0.3) is 0 Å². The number of aryl methyl sites for hydroxylation is 6. The van der Waals surface area contributed by atoms with Crippen LogP contribution in [0.1, 0.15) is 148 Å². The lowest BCUT2D eigenvalue weighted by Crippen LogP contribution is -2.16. The lowest BCUT2D eigenvalue weighted by Gasteiger charge is -2.32. The monoisotopic (exact) mass is 725 g/mol. The van der Waals surface area contributed by atoms with Crippen molar-refractivity contribution in [2.24, 2.45) is 0 Å². The van der Waals surface area contributed by atoms with E-state index in [2.05, 4.69) is 201 Å². The molecule has 0 saturated carbocycles. The van der Waals surface area contributed by atoms with Gasteiger partial charge < -0.3 is 0 Å². The molecule has 0 aromatic heterocycles. The lowest BCUT2D eigenvalue weighted by atomic mass is 9.72. The number of hydrogen-bond donors (Lipinski definition) is 0. The summed E-state index contributed by atoms with van der Waals surface area (Å²) in [6, 6.07) is 56.4. The summed E-state index contributed by atoms with van der Waals surface area (Å²) >= 11 is 0. The van der Waals surface area contributed by atoms with E-state index in [0.717, 1.165) is 32.1 Å². The highest BCUT2D eigenvalue weighted by Gasteiger charge is 2.29. The summed E-state index contributed by atoms with van der Waals surface area (Å²) in [5.41, 5.74) is 16.7. The smallest absolute Gasteiger partial charge is 0.0150 e. The first-order valence-corrected chi connectivity index (χ1v) is 20.9. The Morgan fingerprint density at radius 2 is 0.400 bits per heavy atom. The summed E-state index contributed by atoms with van der Waals surface area (Å²) in [5.74, 6) is 2.64. The summed E-state index contributed by atoms with van der Waals surface area (Å²) < 4.78 is 0. The Balaban J connectivity index is 1.38. The van der Waals surface area contributed by atoms with Crippen molar-refractivity contribution in [3.8, 4) is 0 Å². The minimum Gasteiger partial charge on any atom is -0.0590 e. The minimum atomic E-state index is 0.414. The molecule has 6 unspecified atom stereocenters. The van der Waals surface area contributed by atoms with Crippen LogP contribution in [0, 0.1) is 41.5 Å². The van der Waals surface area contributed by atoms with Crippen molar-refractivity contribution in [3.05, 3.63) is 212 Å². The molecule has 0 heterocycles. The molecule has 0 nitrogen and oxygen atoms in total. The first-order valence-electron chi connectivity index (χ1n) is 20.9. The maximum Gasteiger partial charge on any atom is -0.0150 e. The van der Waals surface area contributed by atoms with Crippen LogP contribution in [0.5, 0.6) is 0 Å². The van der Waals surface area contributed by atoms with E-state index in [-0.39, 0.29) is 0 Å². The van der Waals surface area contributed by atoms with Gasteiger partial charge in [0.05, 0.1) is 0 Å². The molecule has 0 spiro atoms. The molecule has 0 bridgehead atoms. The van der Waals surface area contributed by atoms with Gasteiger partial charge in [0.15, 0.2) is 0 Å². The molecule has 0 radical (unpaired) electrons. The Kier molecular flexibility index (Phi) is 13.7. The maximum absolute atomic E-state index is 2.43. The summed E-state index contributed by atoms with van der Waals surface area (Å²) in [4.78, 5) is 0. The van der Waals surface area contributed by atoms with Crippen molar-refractivity contribution < 1.29 is 0 Å². The van der Waals surface area contributed by atoms with Crippen LogP contribution < -0.4 is 0 Å². The third-order valence-corrected chi connectivity index (χ3v) is 12.5. The van der Waals surface area contributed by atoms with Crippen LogP contribution in [0.2, 0.25) is 0 Å². The molecular weight excluding hydrogens is 661 g/mol. The van der Waals surface area contributed by atoms with Gasteiger partial charge in [-0.3, -0.25) is 0 Å². The predicted molar refractivity (Wildman–Crippen MR) is 238 cm³/mol. The molecule has 6 rings (SSSR count). The zero-order valence-corrected chi connectivity index (χ0v) is 34.9. The van der Waals surface area contributed by atoms with E-state index in [9.17, 15) is 0 Å². The van der Waals surface area contributed by atoms with Gasteiger partial charge in [-0.2, -0.15) is 0 Å². The van der Waals surface area contributed by atoms with Crippen molar-refractivity contribution >= 4 is 0 Å². The summed E-state index contributed by atoms with van der Waals surface area (Å²) in [7, 11) is 0. The first-order chi connectivity index (χ1) is 26.5. The van der Waals surface area contributed by atoms with Gasteiger partial charge in [-0.15, -0.1) is 0 Å². The molecule has 0 fully saturated rings. The van der Waals surface area contributed by atoms with E-state index >= 15 is 0 Å². The molecule has 0 aliphatic carbocycles. The van der Waals surface area contributed by atoms with E-state index in [0.29, 0.717) is 35.5 Å². The first kappa shape index (κ1) is 40.0. The molecule has 55 heavy (non-hydrogen) atoms. The van der Waals surface area contributed by atoms with Crippen LogP contribution in [0.25, 0.3) is 0 Å². The van der Waals surface area contributed by atoms with E-state index in [1.807, 2.05) is 0 Å². The Hall–Kier alpha value is -4.68. The third kappa shape index (κ3) is 11.2. The highest BCUT2D eigenvalue weighted by molar-refractivity contribution is 5.34. The van der Waals surface area contributed by atoms with Crippen LogP contribution >= 0.6 is 0 Å². The second kappa shape index (κ2) is 18.8. The van der Waals surface area contributed by atoms with Crippen molar-refractivity contribution in [2.45, 2.75) is 123 Å². The van der Waals surface area contributed by atoms with Gasteiger partial charge in [-0.25, -0.2) is 0 Å². The Morgan fingerprint density at radius 3 is 0.600 bits per heavy atom. The molecule has 0 amide bonds. The average molecular weight is 725 g/mol. The van der Waals surface area contributed by atoms with Gasteiger partial charge in [-0.1, -0.05) is 193 Å². The summed E-state index contributed by atoms with van der Waals surface area (Å²) in [6.07, 6.45) is 5.63. The van der Waals surface area contributed by atoms with Crippen LogP contribution in [0.15, 0.2) is 146 Å². The van der Waals surface area contributed by atoms with Gasteiger partial charge in [0.2, 0.25) is 0 Å². The van der Waals surface area contributed by atoms with Crippen molar-refractivity contribution in [3.63, 3.8) is 0 Å². The Labute approximate surface area is 334 Å². The maximum atomic E-state index is 2.43. The van der Waals surface area contributed by atoms with E-state index < -0.39 is 0 Å². The largest absolute Gasteiger partial charge is 0.0590 e. The quantitative estimate of drug-likeness (QED) is 0.0932. The van der Waals surface area contributed by atoms with Crippen LogP contribution in [-0.2, 0) is 0 Å². The summed E-state index contributed by atoms with van der Waals surface area (Å²) in [6.45, 7) is 18.1. The molecule has 6 aromatic carbocycles. The van der Waals surface area contributed by atoms with Crippen molar-refractivity contribution in [1.82, 2.24) is 0 Å². The number of benzene rings is 6. The van der Waals surface area contributed by atoms with Crippen molar-refractivity contribution in [2.75, 3.05) is 0 Å². The predicted octanol–water partition coefficient (Wildman–Crippen LogP) is 15.5.